The van der Waals surface area contributed by atoms with E-state index < -0.39 is 17.3 Å². The molecule has 0 radical (unpaired) electrons. The maximum absolute atomic E-state index is 13.9. The van der Waals surface area contributed by atoms with Gasteiger partial charge < -0.3 is 10.4 Å². The van der Waals surface area contributed by atoms with E-state index in [1.807, 2.05) is 82.3 Å². The maximum atomic E-state index is 13.9. The molecule has 8 nitrogen and oxygen atoms in total. The number of hydrogen-bond acceptors (Lipinski definition) is 5. The molecule has 0 saturated heterocycles. The summed E-state index contributed by atoms with van der Waals surface area (Å²) in [6.45, 7) is 8.06. The van der Waals surface area contributed by atoms with Gasteiger partial charge in [0.1, 0.15) is 5.52 Å². The van der Waals surface area contributed by atoms with Crippen molar-refractivity contribution in [3.8, 4) is 0 Å². The van der Waals surface area contributed by atoms with Crippen LogP contribution in [0.5, 0.6) is 0 Å². The third-order valence-corrected chi connectivity index (χ3v) is 8.93. The molecule has 2 atom stereocenters. The number of aliphatic carboxylic acids is 1. The lowest BCUT2D eigenvalue weighted by Gasteiger charge is -2.28. The van der Waals surface area contributed by atoms with E-state index >= 15 is 0 Å². The Morgan fingerprint density at radius 3 is 2.37 bits per heavy atom. The number of benzene rings is 3. The lowest BCUT2D eigenvalue weighted by atomic mass is 9.76. The number of nitrogens with zero attached hydrogens (tertiary/aromatic N) is 3. The fourth-order valence-electron chi connectivity index (χ4n) is 6.29. The quantitative estimate of drug-likeness (QED) is 0.238. The second kappa shape index (κ2) is 12.5. The van der Waals surface area contributed by atoms with Crippen LogP contribution in [0.4, 0.5) is 5.69 Å². The van der Waals surface area contributed by atoms with Crippen molar-refractivity contribution in [2.75, 3.05) is 5.32 Å². The van der Waals surface area contributed by atoms with Crippen LogP contribution in [0.2, 0.25) is 0 Å². The molecule has 3 aromatic carbocycles. The van der Waals surface area contributed by atoms with Gasteiger partial charge in [0.2, 0.25) is 5.91 Å². The Morgan fingerprint density at radius 2 is 1.70 bits per heavy atom. The molecule has 1 aliphatic carbocycles. The number of carboxylic acid groups (broad SMARTS) is 1. The van der Waals surface area contributed by atoms with Gasteiger partial charge in [-0.05, 0) is 78.0 Å². The van der Waals surface area contributed by atoms with E-state index in [-0.39, 0.29) is 29.8 Å². The molecule has 1 amide bonds. The van der Waals surface area contributed by atoms with Crippen LogP contribution < -0.4 is 10.9 Å². The zero-order valence-electron chi connectivity index (χ0n) is 25.3. The van der Waals surface area contributed by atoms with Crippen molar-refractivity contribution in [3.63, 3.8) is 0 Å². The topological polar surface area (TPSA) is 114 Å². The Hall–Kier alpha value is -4.33. The van der Waals surface area contributed by atoms with E-state index in [1.165, 1.54) is 4.68 Å². The molecule has 0 aliphatic heterocycles. The summed E-state index contributed by atoms with van der Waals surface area (Å²) < 4.78 is 1.36. The lowest BCUT2D eigenvalue weighted by Crippen LogP contribution is -2.30. The second-order valence-corrected chi connectivity index (χ2v) is 12.9. The molecule has 1 aliphatic rings. The highest BCUT2D eigenvalue weighted by molar-refractivity contribution is 5.97. The van der Waals surface area contributed by atoms with Crippen molar-refractivity contribution < 1.29 is 14.7 Å². The standard InChI is InChI=1S/C35H40N4O4/c1-22-26(20-28(34(42)43)35(2,3)4)12-9-15-29(22)36-32(40)31(24-10-5-6-11-24)25-18-16-23(17-19-25)21-39-33(41)27-13-7-8-14-30(27)37-38-39/h7-9,12-19,24,28,31H,5-6,10-11,20-21H2,1-4H3,(H,36,40)(H,42,43). The van der Waals surface area contributed by atoms with Gasteiger partial charge in [-0.25, -0.2) is 4.68 Å². The smallest absolute Gasteiger partial charge is 0.307 e. The largest absolute Gasteiger partial charge is 0.481 e. The SMILES string of the molecule is Cc1c(CC(C(=O)O)C(C)(C)C)cccc1NC(=O)C(c1ccc(Cn2nnc3ccccc3c2=O)cc1)C1CCCC1. The number of rotatable bonds is 9. The summed E-state index contributed by atoms with van der Waals surface area (Å²) >= 11 is 0. The van der Waals surface area contributed by atoms with Crippen LogP contribution in [-0.2, 0) is 22.6 Å². The highest BCUT2D eigenvalue weighted by Crippen LogP contribution is 2.39. The van der Waals surface area contributed by atoms with Crippen LogP contribution in [-0.4, -0.2) is 32.0 Å². The average molecular weight is 581 g/mol. The molecule has 2 N–H and O–H groups in total. The monoisotopic (exact) mass is 580 g/mol. The van der Waals surface area contributed by atoms with Gasteiger partial charge in [-0.1, -0.05) is 87.4 Å². The second-order valence-electron chi connectivity index (χ2n) is 12.9. The molecular formula is C35H40N4O4. The minimum absolute atomic E-state index is 0.0536. The molecule has 1 aromatic heterocycles. The number of hydrogen-bond donors (Lipinski definition) is 2. The number of carbonyl (C=O) groups excluding carboxylic acids is 1. The van der Waals surface area contributed by atoms with Crippen molar-refractivity contribution in [1.29, 1.82) is 0 Å². The van der Waals surface area contributed by atoms with Crippen LogP contribution in [0.3, 0.4) is 0 Å². The van der Waals surface area contributed by atoms with E-state index in [1.54, 1.807) is 12.1 Å². The first-order valence-corrected chi connectivity index (χ1v) is 15.1. The Bertz CT molecular complexity index is 1680. The zero-order chi connectivity index (χ0) is 30.7. The van der Waals surface area contributed by atoms with Gasteiger partial charge in [0.15, 0.2) is 0 Å². The Morgan fingerprint density at radius 1 is 1.00 bits per heavy atom. The Kier molecular flexibility index (Phi) is 8.76. The van der Waals surface area contributed by atoms with E-state index in [4.69, 9.17) is 0 Å². The van der Waals surface area contributed by atoms with E-state index in [2.05, 4.69) is 15.6 Å². The molecule has 1 saturated carbocycles. The number of nitrogens with one attached hydrogen (secondary N) is 1. The molecule has 0 bridgehead atoms. The van der Waals surface area contributed by atoms with Crippen LogP contribution in [0.25, 0.3) is 10.9 Å². The Balaban J connectivity index is 1.37. The molecule has 43 heavy (non-hydrogen) atoms. The summed E-state index contributed by atoms with van der Waals surface area (Å²) in [7, 11) is 0. The molecule has 224 valence electrons. The molecule has 1 heterocycles. The van der Waals surface area contributed by atoms with Crippen molar-refractivity contribution in [1.82, 2.24) is 15.0 Å². The molecule has 5 rings (SSSR count). The normalized spacial score (nSPS) is 15.3. The minimum Gasteiger partial charge on any atom is -0.481 e. The van der Waals surface area contributed by atoms with Crippen molar-refractivity contribution in [2.45, 2.75) is 72.3 Å². The number of carboxylic acids is 1. The van der Waals surface area contributed by atoms with Gasteiger partial charge in [0, 0.05) is 5.69 Å². The summed E-state index contributed by atoms with van der Waals surface area (Å²) in [6.07, 6.45) is 4.59. The maximum Gasteiger partial charge on any atom is 0.307 e. The highest BCUT2D eigenvalue weighted by Gasteiger charge is 2.34. The summed E-state index contributed by atoms with van der Waals surface area (Å²) in [6, 6.07) is 20.8. The van der Waals surface area contributed by atoms with E-state index in [9.17, 15) is 19.5 Å². The molecule has 0 spiro atoms. The van der Waals surface area contributed by atoms with Crippen molar-refractivity contribution in [2.24, 2.45) is 17.3 Å². The van der Waals surface area contributed by atoms with E-state index in [0.717, 1.165) is 53.6 Å². The summed E-state index contributed by atoms with van der Waals surface area (Å²) in [5, 5.41) is 21.9. The van der Waals surface area contributed by atoms with Crippen LogP contribution in [0.15, 0.2) is 71.5 Å². The summed E-state index contributed by atoms with van der Waals surface area (Å²) in [5.41, 5.74) is 4.37. The van der Waals surface area contributed by atoms with Gasteiger partial charge >= 0.3 is 5.97 Å². The molecule has 4 aromatic rings. The number of fused-ring (bicyclic) bond motifs is 1. The lowest BCUT2D eigenvalue weighted by molar-refractivity contribution is -0.145. The number of amides is 1. The molecular weight excluding hydrogens is 540 g/mol. The minimum atomic E-state index is -0.816. The first-order chi connectivity index (χ1) is 20.5. The molecule has 8 heteroatoms. The van der Waals surface area contributed by atoms with E-state index in [0.29, 0.717) is 17.3 Å². The third kappa shape index (κ3) is 6.69. The number of carbonyl (C=O) groups is 2. The van der Waals surface area contributed by atoms with Gasteiger partial charge in [-0.3, -0.25) is 14.4 Å². The van der Waals surface area contributed by atoms with Gasteiger partial charge in [-0.2, -0.15) is 0 Å². The fourth-order valence-corrected chi connectivity index (χ4v) is 6.29. The van der Waals surface area contributed by atoms with Crippen LogP contribution >= 0.6 is 0 Å². The van der Waals surface area contributed by atoms with Gasteiger partial charge in [-0.15, -0.1) is 5.10 Å². The first kappa shape index (κ1) is 30.1. The van der Waals surface area contributed by atoms with Gasteiger partial charge in [0.05, 0.1) is 23.8 Å². The fraction of sp³-hybridized carbons (Fsp3) is 0.400. The predicted octanol–water partition coefficient (Wildman–Crippen LogP) is 6.35. The third-order valence-electron chi connectivity index (χ3n) is 8.93. The molecule has 2 unspecified atom stereocenters. The van der Waals surface area contributed by atoms with Crippen LogP contribution in [0, 0.1) is 24.2 Å². The van der Waals surface area contributed by atoms with Gasteiger partial charge in [0.25, 0.3) is 5.56 Å². The molecule has 1 fully saturated rings. The van der Waals surface area contributed by atoms with Crippen LogP contribution in [0.1, 0.15) is 74.6 Å². The Labute approximate surface area is 252 Å². The first-order valence-electron chi connectivity index (χ1n) is 15.1. The van der Waals surface area contributed by atoms with Crippen molar-refractivity contribution >= 4 is 28.5 Å². The number of aromatic nitrogens is 3. The van der Waals surface area contributed by atoms with Crippen molar-refractivity contribution in [3.05, 3.63) is 99.3 Å². The predicted molar refractivity (Wildman–Crippen MR) is 168 cm³/mol. The zero-order valence-corrected chi connectivity index (χ0v) is 25.3. The summed E-state index contributed by atoms with van der Waals surface area (Å²) in [4.78, 5) is 38.9. The highest BCUT2D eigenvalue weighted by atomic mass is 16.4. The number of anilines is 1. The summed E-state index contributed by atoms with van der Waals surface area (Å²) in [5.74, 6) is -1.49. The average Bonchev–Trinajstić information content (AvgIpc) is 3.49.